The number of methoxy groups -OCH3 is 1. The number of para-hydroxylation sites is 1. The van der Waals surface area contributed by atoms with Gasteiger partial charge in [0.05, 0.1) is 18.0 Å². The van der Waals surface area contributed by atoms with Crippen LogP contribution in [0.25, 0.3) is 11.3 Å². The summed E-state index contributed by atoms with van der Waals surface area (Å²) in [6.07, 6.45) is 5.55. The van der Waals surface area contributed by atoms with Crippen LogP contribution >= 0.6 is 11.6 Å². The second kappa shape index (κ2) is 10.1. The van der Waals surface area contributed by atoms with Crippen LogP contribution in [0.1, 0.15) is 29.8 Å². The number of rotatable bonds is 8. The second-order valence-corrected chi connectivity index (χ2v) is 8.13. The van der Waals surface area contributed by atoms with Crippen LogP contribution in [0.3, 0.4) is 0 Å². The van der Waals surface area contributed by atoms with Gasteiger partial charge in [0.2, 0.25) is 0 Å². The van der Waals surface area contributed by atoms with E-state index in [9.17, 15) is 0 Å². The van der Waals surface area contributed by atoms with E-state index in [1.807, 2.05) is 18.2 Å². The Balaban J connectivity index is 1.35. The van der Waals surface area contributed by atoms with Crippen molar-refractivity contribution in [3.8, 4) is 5.69 Å². The molecule has 0 N–H and O–H groups in total. The number of aromatic nitrogens is 2. The van der Waals surface area contributed by atoms with Gasteiger partial charge >= 0.3 is 0 Å². The van der Waals surface area contributed by atoms with Crippen molar-refractivity contribution < 1.29 is 4.74 Å². The highest BCUT2D eigenvalue weighted by molar-refractivity contribution is 6.30. The Morgan fingerprint density at radius 3 is 2.57 bits per heavy atom. The van der Waals surface area contributed by atoms with E-state index < -0.39 is 0 Å². The molecule has 0 atom stereocenters. The van der Waals surface area contributed by atoms with Gasteiger partial charge in [-0.2, -0.15) is 5.10 Å². The Hall–Kier alpha value is -2.40. The van der Waals surface area contributed by atoms with Crippen LogP contribution in [-0.4, -0.2) is 41.4 Å². The lowest BCUT2D eigenvalue weighted by Crippen LogP contribution is -2.29. The quantitative estimate of drug-likeness (QED) is 0.488. The molecule has 0 radical (unpaired) electrons. The van der Waals surface area contributed by atoms with Gasteiger partial charge in [-0.15, -0.1) is 0 Å². The molecule has 156 valence electrons. The zero-order valence-corrected chi connectivity index (χ0v) is 18.2. The van der Waals surface area contributed by atoms with E-state index in [-0.39, 0.29) is 0 Å². The van der Waals surface area contributed by atoms with Gasteiger partial charge in [0, 0.05) is 30.9 Å². The van der Waals surface area contributed by atoms with Crippen molar-refractivity contribution in [2.45, 2.75) is 25.9 Å². The molecule has 0 bridgehead atoms. The molecular weight excluding hydrogens is 394 g/mol. The standard InChI is InChI=1S/C25H28ClN3O/c1-30-19-23-18-25(29(27-23)24-6-3-2-4-7-24)8-5-15-28-16-13-21(14-17-28)20-9-11-22(26)12-10-20/h2-4,6-7,9-13,18H,5,8,14-17,19H2,1H3. The number of aryl methyl sites for hydroxylation is 1. The number of nitrogens with zero attached hydrogens (tertiary/aromatic N) is 3. The minimum absolute atomic E-state index is 0.539. The first kappa shape index (κ1) is 20.9. The van der Waals surface area contributed by atoms with Crippen LogP contribution in [-0.2, 0) is 17.8 Å². The first-order valence-corrected chi connectivity index (χ1v) is 10.9. The Labute approximate surface area is 183 Å². The van der Waals surface area contributed by atoms with Crippen molar-refractivity contribution in [2.75, 3.05) is 26.7 Å². The molecule has 2 aromatic carbocycles. The summed E-state index contributed by atoms with van der Waals surface area (Å²) >= 11 is 6.01. The average Bonchev–Trinajstić information content (AvgIpc) is 3.18. The van der Waals surface area contributed by atoms with E-state index in [1.165, 1.54) is 16.8 Å². The number of hydrogen-bond acceptors (Lipinski definition) is 3. The highest BCUT2D eigenvalue weighted by Gasteiger charge is 2.14. The first-order valence-electron chi connectivity index (χ1n) is 10.5. The van der Waals surface area contributed by atoms with Crippen molar-refractivity contribution in [3.05, 3.63) is 88.7 Å². The fourth-order valence-electron chi connectivity index (χ4n) is 3.99. The largest absolute Gasteiger partial charge is 0.378 e. The summed E-state index contributed by atoms with van der Waals surface area (Å²) in [5.74, 6) is 0. The molecule has 30 heavy (non-hydrogen) atoms. The Morgan fingerprint density at radius 1 is 1.07 bits per heavy atom. The molecule has 0 spiro atoms. The molecule has 2 heterocycles. The monoisotopic (exact) mass is 421 g/mol. The summed E-state index contributed by atoms with van der Waals surface area (Å²) in [5.41, 5.74) is 6.03. The SMILES string of the molecule is COCc1cc(CCCN2CC=C(c3ccc(Cl)cc3)CC2)n(-c2ccccc2)n1. The van der Waals surface area contributed by atoms with Gasteiger partial charge < -0.3 is 4.74 Å². The maximum Gasteiger partial charge on any atom is 0.0902 e. The van der Waals surface area contributed by atoms with Crippen LogP contribution in [0.2, 0.25) is 5.02 Å². The molecule has 0 unspecified atom stereocenters. The molecule has 0 fully saturated rings. The maximum atomic E-state index is 6.01. The van der Waals surface area contributed by atoms with Gasteiger partial charge in [0.15, 0.2) is 0 Å². The zero-order valence-electron chi connectivity index (χ0n) is 17.4. The second-order valence-electron chi connectivity index (χ2n) is 7.70. The van der Waals surface area contributed by atoms with Crippen molar-refractivity contribution in [3.63, 3.8) is 0 Å². The maximum absolute atomic E-state index is 6.01. The molecule has 4 rings (SSSR count). The third-order valence-electron chi connectivity index (χ3n) is 5.54. The summed E-state index contributed by atoms with van der Waals surface area (Å²) in [4.78, 5) is 2.53. The van der Waals surface area contributed by atoms with E-state index >= 15 is 0 Å². The average molecular weight is 422 g/mol. The molecule has 5 heteroatoms. The minimum Gasteiger partial charge on any atom is -0.378 e. The van der Waals surface area contributed by atoms with Crippen LogP contribution < -0.4 is 0 Å². The normalized spacial score (nSPS) is 14.7. The van der Waals surface area contributed by atoms with E-state index in [0.29, 0.717) is 6.61 Å². The Morgan fingerprint density at radius 2 is 1.87 bits per heavy atom. The third kappa shape index (κ3) is 5.20. The van der Waals surface area contributed by atoms with Crippen molar-refractivity contribution in [2.24, 2.45) is 0 Å². The van der Waals surface area contributed by atoms with Crippen LogP contribution in [0.4, 0.5) is 0 Å². The van der Waals surface area contributed by atoms with Gasteiger partial charge in [0.1, 0.15) is 0 Å². The summed E-state index contributed by atoms with van der Waals surface area (Å²) in [7, 11) is 1.71. The summed E-state index contributed by atoms with van der Waals surface area (Å²) < 4.78 is 7.35. The summed E-state index contributed by atoms with van der Waals surface area (Å²) in [6.45, 7) is 3.73. The topological polar surface area (TPSA) is 30.3 Å². The molecule has 3 aromatic rings. The summed E-state index contributed by atoms with van der Waals surface area (Å²) in [5, 5.41) is 5.54. The van der Waals surface area contributed by atoms with Crippen LogP contribution in [0.5, 0.6) is 0 Å². The first-order chi connectivity index (χ1) is 14.7. The van der Waals surface area contributed by atoms with Gasteiger partial charge in [-0.05, 0) is 67.3 Å². The predicted molar refractivity (Wildman–Crippen MR) is 123 cm³/mol. The van der Waals surface area contributed by atoms with Gasteiger partial charge in [-0.3, -0.25) is 4.90 Å². The summed E-state index contributed by atoms with van der Waals surface area (Å²) in [6, 6.07) is 20.7. The van der Waals surface area contributed by atoms with E-state index in [0.717, 1.165) is 55.3 Å². The van der Waals surface area contributed by atoms with Gasteiger partial charge in [-0.1, -0.05) is 48.0 Å². The molecule has 1 aliphatic heterocycles. The molecule has 4 nitrogen and oxygen atoms in total. The fraction of sp³-hybridized carbons (Fsp3) is 0.320. The molecule has 0 amide bonds. The van der Waals surface area contributed by atoms with E-state index in [1.54, 1.807) is 7.11 Å². The van der Waals surface area contributed by atoms with Crippen molar-refractivity contribution in [1.29, 1.82) is 0 Å². The lowest BCUT2D eigenvalue weighted by atomic mass is 9.99. The minimum atomic E-state index is 0.539. The Bertz CT molecular complexity index is 979. The molecule has 0 saturated heterocycles. The zero-order chi connectivity index (χ0) is 20.8. The predicted octanol–water partition coefficient (Wildman–Crippen LogP) is 5.39. The number of ether oxygens (including phenoxy) is 1. The lowest BCUT2D eigenvalue weighted by molar-refractivity contribution is 0.181. The lowest BCUT2D eigenvalue weighted by Gasteiger charge is -2.26. The molecule has 0 saturated carbocycles. The van der Waals surface area contributed by atoms with Crippen LogP contribution in [0.15, 0.2) is 66.7 Å². The Kier molecular flexibility index (Phi) is 7.00. The highest BCUT2D eigenvalue weighted by atomic mass is 35.5. The fourth-order valence-corrected chi connectivity index (χ4v) is 4.11. The number of hydrogen-bond donors (Lipinski definition) is 0. The third-order valence-corrected chi connectivity index (χ3v) is 5.79. The van der Waals surface area contributed by atoms with Crippen molar-refractivity contribution >= 4 is 17.2 Å². The van der Waals surface area contributed by atoms with Crippen molar-refractivity contribution in [1.82, 2.24) is 14.7 Å². The molecule has 1 aromatic heterocycles. The number of halogens is 1. The number of benzene rings is 2. The van der Waals surface area contributed by atoms with E-state index in [2.05, 4.69) is 58.1 Å². The van der Waals surface area contributed by atoms with Gasteiger partial charge in [0.25, 0.3) is 0 Å². The molecule has 1 aliphatic rings. The smallest absolute Gasteiger partial charge is 0.0902 e. The highest BCUT2D eigenvalue weighted by Crippen LogP contribution is 2.24. The van der Waals surface area contributed by atoms with Gasteiger partial charge in [-0.25, -0.2) is 4.68 Å². The molecule has 0 aliphatic carbocycles. The van der Waals surface area contributed by atoms with E-state index in [4.69, 9.17) is 21.4 Å². The van der Waals surface area contributed by atoms with Crippen LogP contribution in [0, 0.1) is 0 Å². The molecular formula is C25H28ClN3O.